The Morgan fingerprint density at radius 3 is 2.76 bits per heavy atom. The molecular weight excluding hydrogens is 268 g/mol. The highest BCUT2D eigenvalue weighted by molar-refractivity contribution is 5.73. The summed E-state index contributed by atoms with van der Waals surface area (Å²) in [6.45, 7) is 8.29. The van der Waals surface area contributed by atoms with Gasteiger partial charge in [0.25, 0.3) is 0 Å². The van der Waals surface area contributed by atoms with Gasteiger partial charge in [-0.25, -0.2) is 0 Å². The number of carbonyl (C=O) groups is 1. The molecule has 0 aromatic heterocycles. The molecule has 5 nitrogen and oxygen atoms in total. The predicted molar refractivity (Wildman–Crippen MR) is 80.1 cm³/mol. The maximum Gasteiger partial charge on any atom is 0.219 e. The SMILES string of the molecule is COC[C@@]12CCN(C3CCOCC3)C[C@@H]1CN(C(C)=O)C2. The van der Waals surface area contributed by atoms with Crippen LogP contribution in [0.15, 0.2) is 0 Å². The van der Waals surface area contributed by atoms with E-state index in [1.165, 1.54) is 0 Å². The number of ether oxygens (including phenoxy) is 2. The molecular formula is C16H28N2O3. The molecule has 0 bridgehead atoms. The summed E-state index contributed by atoms with van der Waals surface area (Å²) in [7, 11) is 1.78. The summed E-state index contributed by atoms with van der Waals surface area (Å²) in [5, 5.41) is 0. The number of fused-ring (bicyclic) bond motifs is 1. The van der Waals surface area contributed by atoms with Crippen molar-refractivity contribution in [3.8, 4) is 0 Å². The number of methoxy groups -OCH3 is 1. The molecule has 3 aliphatic heterocycles. The molecule has 0 saturated carbocycles. The zero-order valence-corrected chi connectivity index (χ0v) is 13.3. The second-order valence-electron chi connectivity index (χ2n) is 6.98. The fourth-order valence-electron chi connectivity index (χ4n) is 4.45. The van der Waals surface area contributed by atoms with Crippen LogP contribution in [0, 0.1) is 11.3 Å². The van der Waals surface area contributed by atoms with Gasteiger partial charge in [-0.15, -0.1) is 0 Å². The van der Waals surface area contributed by atoms with Crippen molar-refractivity contribution in [2.45, 2.75) is 32.2 Å². The van der Waals surface area contributed by atoms with Gasteiger partial charge < -0.3 is 14.4 Å². The standard InChI is InChI=1S/C16H28N2O3/c1-13(19)18-10-14-9-17(15-3-7-21-8-4-15)6-5-16(14,11-18)12-20-2/h14-15H,3-12H2,1-2H3/t14-,16+/m1/s1. The molecule has 0 aromatic carbocycles. The lowest BCUT2D eigenvalue weighted by Gasteiger charge is -2.46. The molecule has 0 aliphatic carbocycles. The van der Waals surface area contributed by atoms with Gasteiger partial charge in [-0.2, -0.15) is 0 Å². The van der Waals surface area contributed by atoms with Crippen molar-refractivity contribution in [3.05, 3.63) is 0 Å². The van der Waals surface area contributed by atoms with Crippen LogP contribution in [0.3, 0.4) is 0 Å². The number of rotatable bonds is 3. The van der Waals surface area contributed by atoms with Gasteiger partial charge in [0, 0.05) is 58.3 Å². The molecule has 1 amide bonds. The lowest BCUT2D eigenvalue weighted by molar-refractivity contribution is -0.128. The first kappa shape index (κ1) is 15.3. The van der Waals surface area contributed by atoms with Crippen molar-refractivity contribution in [2.24, 2.45) is 11.3 Å². The Balaban J connectivity index is 1.69. The van der Waals surface area contributed by atoms with Crippen LogP contribution in [0.25, 0.3) is 0 Å². The number of amides is 1. The smallest absolute Gasteiger partial charge is 0.219 e. The second-order valence-corrected chi connectivity index (χ2v) is 6.98. The Morgan fingerprint density at radius 1 is 1.33 bits per heavy atom. The van der Waals surface area contributed by atoms with E-state index >= 15 is 0 Å². The number of likely N-dealkylation sites (tertiary alicyclic amines) is 2. The summed E-state index contributed by atoms with van der Waals surface area (Å²) < 4.78 is 11.0. The number of hydrogen-bond donors (Lipinski definition) is 0. The van der Waals surface area contributed by atoms with Gasteiger partial charge >= 0.3 is 0 Å². The average molecular weight is 296 g/mol. The molecule has 0 N–H and O–H groups in total. The molecule has 5 heteroatoms. The van der Waals surface area contributed by atoms with Crippen LogP contribution < -0.4 is 0 Å². The summed E-state index contributed by atoms with van der Waals surface area (Å²) in [4.78, 5) is 16.4. The van der Waals surface area contributed by atoms with E-state index in [4.69, 9.17) is 9.47 Å². The van der Waals surface area contributed by atoms with Crippen LogP contribution in [-0.4, -0.2) is 74.9 Å². The van der Waals surface area contributed by atoms with Crippen LogP contribution >= 0.6 is 0 Å². The van der Waals surface area contributed by atoms with Gasteiger partial charge in [0.15, 0.2) is 0 Å². The maximum atomic E-state index is 11.8. The van der Waals surface area contributed by atoms with E-state index in [-0.39, 0.29) is 11.3 Å². The third-order valence-electron chi connectivity index (χ3n) is 5.75. The third kappa shape index (κ3) is 2.96. The minimum atomic E-state index is 0.183. The van der Waals surface area contributed by atoms with E-state index in [1.807, 2.05) is 4.90 Å². The summed E-state index contributed by atoms with van der Waals surface area (Å²) in [5.74, 6) is 0.760. The number of carbonyl (C=O) groups excluding carboxylic acids is 1. The molecule has 21 heavy (non-hydrogen) atoms. The first-order chi connectivity index (χ1) is 10.1. The average Bonchev–Trinajstić information content (AvgIpc) is 2.87. The van der Waals surface area contributed by atoms with Crippen molar-refractivity contribution in [2.75, 3.05) is 53.1 Å². The minimum Gasteiger partial charge on any atom is -0.384 e. The summed E-state index contributed by atoms with van der Waals surface area (Å²) >= 11 is 0. The minimum absolute atomic E-state index is 0.183. The van der Waals surface area contributed by atoms with Crippen molar-refractivity contribution >= 4 is 5.91 Å². The van der Waals surface area contributed by atoms with Gasteiger partial charge in [-0.05, 0) is 31.7 Å². The first-order valence-corrected chi connectivity index (χ1v) is 8.21. The van der Waals surface area contributed by atoms with Crippen LogP contribution in [0.4, 0.5) is 0 Å². The molecule has 3 rings (SSSR count). The van der Waals surface area contributed by atoms with Gasteiger partial charge in [-0.1, -0.05) is 0 Å². The highest BCUT2D eigenvalue weighted by atomic mass is 16.5. The fraction of sp³-hybridized carbons (Fsp3) is 0.938. The van der Waals surface area contributed by atoms with E-state index in [9.17, 15) is 4.79 Å². The zero-order valence-electron chi connectivity index (χ0n) is 13.3. The Morgan fingerprint density at radius 2 is 2.10 bits per heavy atom. The van der Waals surface area contributed by atoms with E-state index in [0.29, 0.717) is 12.0 Å². The van der Waals surface area contributed by atoms with E-state index in [2.05, 4.69) is 4.90 Å². The normalized spacial score (nSPS) is 35.0. The Labute approximate surface area is 127 Å². The largest absolute Gasteiger partial charge is 0.384 e. The van der Waals surface area contributed by atoms with Crippen molar-refractivity contribution < 1.29 is 14.3 Å². The van der Waals surface area contributed by atoms with Gasteiger partial charge in [-0.3, -0.25) is 9.69 Å². The third-order valence-corrected chi connectivity index (χ3v) is 5.75. The number of nitrogens with zero attached hydrogens (tertiary/aromatic N) is 2. The lowest BCUT2D eigenvalue weighted by atomic mass is 9.72. The van der Waals surface area contributed by atoms with E-state index < -0.39 is 0 Å². The summed E-state index contributed by atoms with van der Waals surface area (Å²) in [5.41, 5.74) is 0.183. The molecule has 0 aromatic rings. The maximum absolute atomic E-state index is 11.8. The van der Waals surface area contributed by atoms with E-state index in [0.717, 1.165) is 65.3 Å². The second kappa shape index (κ2) is 6.23. The quantitative estimate of drug-likeness (QED) is 0.779. The fourth-order valence-corrected chi connectivity index (χ4v) is 4.45. The molecule has 0 unspecified atom stereocenters. The van der Waals surface area contributed by atoms with Gasteiger partial charge in [0.05, 0.1) is 6.61 Å². The number of hydrogen-bond acceptors (Lipinski definition) is 4. The predicted octanol–water partition coefficient (Wildman–Crippen LogP) is 0.982. The van der Waals surface area contributed by atoms with Crippen LogP contribution in [0.5, 0.6) is 0 Å². The van der Waals surface area contributed by atoms with Crippen molar-refractivity contribution in [1.82, 2.24) is 9.80 Å². The molecule has 3 aliphatic rings. The lowest BCUT2D eigenvalue weighted by Crippen LogP contribution is -2.53. The summed E-state index contributed by atoms with van der Waals surface area (Å²) in [6, 6.07) is 0.672. The monoisotopic (exact) mass is 296 g/mol. The van der Waals surface area contributed by atoms with Gasteiger partial charge in [0.2, 0.25) is 5.91 Å². The Hall–Kier alpha value is -0.650. The molecule has 3 fully saturated rings. The highest BCUT2D eigenvalue weighted by Crippen LogP contribution is 2.44. The molecule has 0 spiro atoms. The zero-order chi connectivity index (χ0) is 14.9. The molecule has 0 radical (unpaired) electrons. The molecule has 3 saturated heterocycles. The Kier molecular flexibility index (Phi) is 4.52. The van der Waals surface area contributed by atoms with Crippen molar-refractivity contribution in [1.29, 1.82) is 0 Å². The van der Waals surface area contributed by atoms with Crippen LogP contribution in [0.2, 0.25) is 0 Å². The first-order valence-electron chi connectivity index (χ1n) is 8.21. The van der Waals surface area contributed by atoms with Gasteiger partial charge in [0.1, 0.15) is 0 Å². The summed E-state index contributed by atoms with van der Waals surface area (Å²) in [6.07, 6.45) is 3.45. The van der Waals surface area contributed by atoms with Crippen LogP contribution in [-0.2, 0) is 14.3 Å². The highest BCUT2D eigenvalue weighted by Gasteiger charge is 2.50. The molecule has 120 valence electrons. The topological polar surface area (TPSA) is 42.0 Å². The molecule has 2 atom stereocenters. The van der Waals surface area contributed by atoms with E-state index in [1.54, 1.807) is 14.0 Å². The van der Waals surface area contributed by atoms with Crippen LogP contribution in [0.1, 0.15) is 26.2 Å². The van der Waals surface area contributed by atoms with Crippen molar-refractivity contribution in [3.63, 3.8) is 0 Å². The number of piperidine rings is 1. The molecule has 3 heterocycles. The Bertz CT molecular complexity index is 384.